The van der Waals surface area contributed by atoms with Crippen molar-refractivity contribution < 1.29 is 4.74 Å². The molecule has 3 nitrogen and oxygen atoms in total. The normalized spacial score (nSPS) is 20.0. The first-order valence-corrected chi connectivity index (χ1v) is 11.8. The van der Waals surface area contributed by atoms with Gasteiger partial charge < -0.3 is 14.6 Å². The highest BCUT2D eigenvalue weighted by molar-refractivity contribution is 6.31. The van der Waals surface area contributed by atoms with Gasteiger partial charge in [0.05, 0.1) is 6.61 Å². The molecule has 1 aromatic heterocycles. The number of likely N-dealkylation sites (tertiary alicyclic amines) is 1. The van der Waals surface area contributed by atoms with E-state index in [1.54, 1.807) is 0 Å². The van der Waals surface area contributed by atoms with Gasteiger partial charge in [0.2, 0.25) is 0 Å². The number of benzene rings is 2. The van der Waals surface area contributed by atoms with Crippen molar-refractivity contribution in [2.45, 2.75) is 50.9 Å². The van der Waals surface area contributed by atoms with Crippen LogP contribution < -0.4 is 4.74 Å². The second-order valence-corrected chi connectivity index (χ2v) is 9.35. The van der Waals surface area contributed by atoms with Gasteiger partial charge in [-0.3, -0.25) is 0 Å². The Kier molecular flexibility index (Phi) is 5.75. The van der Waals surface area contributed by atoms with Crippen LogP contribution in [0.5, 0.6) is 5.75 Å². The van der Waals surface area contributed by atoms with Gasteiger partial charge in [-0.2, -0.15) is 0 Å². The molecule has 0 bridgehead atoms. The highest BCUT2D eigenvalue weighted by atomic mass is 35.5. The van der Waals surface area contributed by atoms with Gasteiger partial charge in [0.25, 0.3) is 0 Å². The Morgan fingerprint density at radius 3 is 2.80 bits per heavy atom. The summed E-state index contributed by atoms with van der Waals surface area (Å²) in [5.74, 6) is 2.41. The van der Waals surface area contributed by atoms with Gasteiger partial charge in [-0.1, -0.05) is 36.7 Å². The van der Waals surface area contributed by atoms with E-state index in [2.05, 4.69) is 47.3 Å². The van der Waals surface area contributed by atoms with Crippen LogP contribution in [0.2, 0.25) is 5.02 Å². The molecule has 0 radical (unpaired) electrons. The van der Waals surface area contributed by atoms with Crippen molar-refractivity contribution in [1.29, 1.82) is 0 Å². The molecule has 30 heavy (non-hydrogen) atoms. The van der Waals surface area contributed by atoms with Crippen molar-refractivity contribution in [3.63, 3.8) is 0 Å². The third kappa shape index (κ3) is 3.86. The Hall–Kier alpha value is -1.97. The van der Waals surface area contributed by atoms with E-state index < -0.39 is 0 Å². The zero-order valence-corrected chi connectivity index (χ0v) is 18.5. The number of fused-ring (bicyclic) bond motifs is 2. The molecular formula is C26H31ClN2O. The molecule has 1 fully saturated rings. The summed E-state index contributed by atoms with van der Waals surface area (Å²) < 4.78 is 6.01. The molecule has 1 aliphatic carbocycles. The first-order chi connectivity index (χ1) is 14.7. The number of hydrogen-bond donors (Lipinski definition) is 1. The molecule has 0 saturated carbocycles. The second kappa shape index (κ2) is 8.64. The van der Waals surface area contributed by atoms with Gasteiger partial charge in [0.15, 0.2) is 0 Å². The zero-order chi connectivity index (χ0) is 20.5. The summed E-state index contributed by atoms with van der Waals surface area (Å²) in [5, 5.41) is 2.13. The minimum Gasteiger partial charge on any atom is -0.493 e. The van der Waals surface area contributed by atoms with Crippen LogP contribution in [0.3, 0.4) is 0 Å². The van der Waals surface area contributed by atoms with Crippen molar-refractivity contribution in [3.05, 3.63) is 64.3 Å². The molecule has 2 aliphatic rings. The summed E-state index contributed by atoms with van der Waals surface area (Å²) in [7, 11) is 0. The Morgan fingerprint density at radius 1 is 1.10 bits per heavy atom. The summed E-state index contributed by atoms with van der Waals surface area (Å²) >= 11 is 6.15. The maximum Gasteiger partial charge on any atom is 0.122 e. The van der Waals surface area contributed by atoms with Crippen molar-refractivity contribution >= 4 is 22.5 Å². The molecule has 1 aliphatic heterocycles. The lowest BCUT2D eigenvalue weighted by Crippen LogP contribution is -2.35. The van der Waals surface area contributed by atoms with Crippen LogP contribution in [0, 0.1) is 0 Å². The number of aromatic nitrogens is 1. The summed E-state index contributed by atoms with van der Waals surface area (Å²) in [6.07, 6.45) is 8.14. The SMILES string of the molecule is CCCOc1cccc2c1CCC2CN1CCC(c2c[nH]c3cc(Cl)ccc23)CC1. The number of rotatable bonds is 6. The summed E-state index contributed by atoms with van der Waals surface area (Å²) in [6.45, 7) is 6.53. The van der Waals surface area contributed by atoms with Crippen LogP contribution in [0.4, 0.5) is 0 Å². The van der Waals surface area contributed by atoms with Crippen molar-refractivity contribution in [2.75, 3.05) is 26.2 Å². The van der Waals surface area contributed by atoms with Gasteiger partial charge in [-0.05, 0) is 91.9 Å². The average Bonchev–Trinajstić information content (AvgIpc) is 3.37. The van der Waals surface area contributed by atoms with E-state index in [9.17, 15) is 0 Å². The molecule has 4 heteroatoms. The Morgan fingerprint density at radius 2 is 1.97 bits per heavy atom. The fraction of sp³-hybridized carbons (Fsp3) is 0.462. The lowest BCUT2D eigenvalue weighted by Gasteiger charge is -2.33. The van der Waals surface area contributed by atoms with E-state index >= 15 is 0 Å². The molecule has 1 saturated heterocycles. The van der Waals surface area contributed by atoms with Crippen LogP contribution >= 0.6 is 11.6 Å². The van der Waals surface area contributed by atoms with Gasteiger partial charge in [0.1, 0.15) is 5.75 Å². The summed E-state index contributed by atoms with van der Waals surface area (Å²) in [6, 6.07) is 12.9. The number of hydrogen-bond acceptors (Lipinski definition) is 2. The van der Waals surface area contributed by atoms with Crippen molar-refractivity contribution in [3.8, 4) is 5.75 Å². The topological polar surface area (TPSA) is 28.3 Å². The molecular weight excluding hydrogens is 392 g/mol. The summed E-state index contributed by atoms with van der Waals surface area (Å²) in [5.41, 5.74) is 5.61. The number of piperidine rings is 1. The third-order valence-corrected chi connectivity index (χ3v) is 7.23. The molecule has 1 N–H and O–H groups in total. The molecule has 0 spiro atoms. The minimum atomic E-state index is 0.640. The zero-order valence-electron chi connectivity index (χ0n) is 17.8. The molecule has 1 unspecified atom stereocenters. The standard InChI is InChI=1S/C26H31ClN2O/c1-2-14-30-26-5-3-4-21-19(6-8-23(21)26)17-29-12-10-18(11-13-29)24-16-28-25-15-20(27)7-9-22(24)25/h3-5,7,9,15-16,18-19,28H,2,6,8,10-14,17H2,1H3. The lowest BCUT2D eigenvalue weighted by atomic mass is 9.88. The lowest BCUT2D eigenvalue weighted by molar-refractivity contribution is 0.200. The second-order valence-electron chi connectivity index (χ2n) is 8.92. The number of halogens is 1. The van der Waals surface area contributed by atoms with Crippen LogP contribution in [-0.4, -0.2) is 36.1 Å². The molecule has 3 aromatic rings. The molecule has 0 amide bonds. The molecule has 5 rings (SSSR count). The highest BCUT2D eigenvalue weighted by Crippen LogP contribution is 2.40. The third-order valence-electron chi connectivity index (χ3n) is 7.00. The number of nitrogens with zero attached hydrogens (tertiary/aromatic N) is 1. The monoisotopic (exact) mass is 422 g/mol. The number of aromatic amines is 1. The van der Waals surface area contributed by atoms with E-state index in [4.69, 9.17) is 16.3 Å². The minimum absolute atomic E-state index is 0.640. The van der Waals surface area contributed by atoms with Gasteiger partial charge in [-0.25, -0.2) is 0 Å². The van der Waals surface area contributed by atoms with Crippen molar-refractivity contribution in [1.82, 2.24) is 9.88 Å². The molecule has 1 atom stereocenters. The van der Waals surface area contributed by atoms with E-state index in [0.29, 0.717) is 11.8 Å². The Balaban J connectivity index is 1.22. The maximum atomic E-state index is 6.15. The van der Waals surface area contributed by atoms with Crippen LogP contribution in [0.1, 0.15) is 61.1 Å². The Labute approximate surface area is 184 Å². The fourth-order valence-corrected chi connectivity index (χ4v) is 5.61. The predicted molar refractivity (Wildman–Crippen MR) is 125 cm³/mol. The number of H-pyrrole nitrogens is 1. The quantitative estimate of drug-likeness (QED) is 0.489. The predicted octanol–water partition coefficient (Wildman–Crippen LogP) is 6.52. The van der Waals surface area contributed by atoms with E-state index in [1.807, 2.05) is 12.1 Å². The average molecular weight is 423 g/mol. The van der Waals surface area contributed by atoms with Crippen LogP contribution in [-0.2, 0) is 6.42 Å². The van der Waals surface area contributed by atoms with Crippen LogP contribution in [0.15, 0.2) is 42.6 Å². The van der Waals surface area contributed by atoms with Gasteiger partial charge >= 0.3 is 0 Å². The molecule has 2 heterocycles. The Bertz CT molecular complexity index is 1020. The van der Waals surface area contributed by atoms with E-state index in [0.717, 1.165) is 35.7 Å². The van der Waals surface area contributed by atoms with E-state index in [-0.39, 0.29) is 0 Å². The molecule has 2 aromatic carbocycles. The smallest absolute Gasteiger partial charge is 0.122 e. The first kappa shape index (κ1) is 20.0. The van der Waals surface area contributed by atoms with Crippen LogP contribution in [0.25, 0.3) is 10.9 Å². The van der Waals surface area contributed by atoms with Crippen molar-refractivity contribution in [2.24, 2.45) is 0 Å². The number of nitrogens with one attached hydrogen (secondary N) is 1. The summed E-state index contributed by atoms with van der Waals surface area (Å²) in [4.78, 5) is 6.10. The maximum absolute atomic E-state index is 6.15. The first-order valence-electron chi connectivity index (χ1n) is 11.5. The molecule has 158 valence electrons. The largest absolute Gasteiger partial charge is 0.493 e. The number of ether oxygens (including phenoxy) is 1. The van der Waals surface area contributed by atoms with Gasteiger partial charge in [-0.15, -0.1) is 0 Å². The fourth-order valence-electron chi connectivity index (χ4n) is 5.44. The van der Waals surface area contributed by atoms with Gasteiger partial charge in [0, 0.05) is 28.7 Å². The van der Waals surface area contributed by atoms with E-state index in [1.165, 1.54) is 61.0 Å². The highest BCUT2D eigenvalue weighted by Gasteiger charge is 2.29.